The Kier molecular flexibility index (Phi) is 6.53. The second-order valence-electron chi connectivity index (χ2n) is 8.20. The van der Waals surface area contributed by atoms with Gasteiger partial charge in [-0.2, -0.15) is 10.3 Å². The number of nitrogens with zero attached hydrogens (tertiary/aromatic N) is 5. The monoisotopic (exact) mass is 504 g/mol. The van der Waals surface area contributed by atoms with Crippen LogP contribution in [0.15, 0.2) is 72.8 Å². The van der Waals surface area contributed by atoms with Gasteiger partial charge in [0.1, 0.15) is 5.75 Å². The molecule has 5 rings (SSSR count). The first-order valence-corrected chi connectivity index (χ1v) is 11.8. The van der Waals surface area contributed by atoms with Gasteiger partial charge < -0.3 is 4.74 Å². The highest BCUT2D eigenvalue weighted by Gasteiger charge is 2.23. The van der Waals surface area contributed by atoms with Crippen molar-refractivity contribution in [2.75, 3.05) is 7.11 Å². The Morgan fingerprint density at radius 3 is 2.49 bits per heavy atom. The van der Waals surface area contributed by atoms with Gasteiger partial charge in [-0.25, -0.2) is 4.68 Å². The van der Waals surface area contributed by atoms with E-state index >= 15 is 0 Å². The Balaban J connectivity index is 1.60. The number of nitrogens with one attached hydrogen (secondary N) is 1. The molecule has 0 spiro atoms. The maximum Gasteiger partial charge on any atom is 0.182 e. The van der Waals surface area contributed by atoms with Crippen molar-refractivity contribution >= 4 is 23.2 Å². The summed E-state index contributed by atoms with van der Waals surface area (Å²) in [5.74, 6) is 1.27. The van der Waals surface area contributed by atoms with Crippen molar-refractivity contribution in [1.29, 1.82) is 0 Å². The maximum absolute atomic E-state index is 6.35. The number of hydrogen-bond acceptors (Lipinski definition) is 5. The Labute approximate surface area is 212 Å². The smallest absolute Gasteiger partial charge is 0.182 e. The SMILES string of the molecule is COc1ccc(-n2nc(CC(c3cccc(C)c3)c3nn[nH]n3)cc2-c2ccc(Cl)c(Cl)c2)cc1. The fraction of sp³-hybridized carbons (Fsp3) is 0.154. The third-order valence-corrected chi connectivity index (χ3v) is 6.56. The number of hydrogen-bond donors (Lipinski definition) is 1. The number of aromatic nitrogens is 6. The van der Waals surface area contributed by atoms with Crippen molar-refractivity contribution in [1.82, 2.24) is 30.4 Å². The molecule has 1 N–H and O–H groups in total. The molecule has 35 heavy (non-hydrogen) atoms. The number of halogens is 2. The first kappa shape index (κ1) is 23.1. The molecule has 2 heterocycles. The molecule has 9 heteroatoms. The largest absolute Gasteiger partial charge is 0.497 e. The fourth-order valence-electron chi connectivity index (χ4n) is 4.08. The fourth-order valence-corrected chi connectivity index (χ4v) is 4.38. The minimum atomic E-state index is -0.116. The number of aryl methyl sites for hydroxylation is 1. The van der Waals surface area contributed by atoms with Gasteiger partial charge in [-0.15, -0.1) is 10.2 Å². The molecular formula is C26H22Cl2N6O. The lowest BCUT2D eigenvalue weighted by Crippen LogP contribution is -2.09. The van der Waals surface area contributed by atoms with Crippen LogP contribution in [0.1, 0.15) is 28.6 Å². The normalized spacial score (nSPS) is 12.0. The van der Waals surface area contributed by atoms with E-state index in [1.165, 1.54) is 0 Å². The van der Waals surface area contributed by atoms with Gasteiger partial charge in [-0.05, 0) is 55.0 Å². The van der Waals surface area contributed by atoms with Gasteiger partial charge in [0.15, 0.2) is 5.82 Å². The molecule has 7 nitrogen and oxygen atoms in total. The minimum absolute atomic E-state index is 0.116. The van der Waals surface area contributed by atoms with E-state index in [0.717, 1.165) is 39.5 Å². The second kappa shape index (κ2) is 9.90. The van der Waals surface area contributed by atoms with E-state index in [1.807, 2.05) is 47.1 Å². The van der Waals surface area contributed by atoms with Crippen molar-refractivity contribution in [3.8, 4) is 22.7 Å². The molecule has 0 radical (unpaired) electrons. The second-order valence-corrected chi connectivity index (χ2v) is 9.01. The Bertz CT molecular complexity index is 1450. The van der Waals surface area contributed by atoms with Crippen LogP contribution in [-0.4, -0.2) is 37.5 Å². The van der Waals surface area contributed by atoms with Gasteiger partial charge in [-0.1, -0.05) is 64.3 Å². The zero-order valence-corrected chi connectivity index (χ0v) is 20.6. The minimum Gasteiger partial charge on any atom is -0.497 e. The number of H-pyrrole nitrogens is 1. The van der Waals surface area contributed by atoms with Gasteiger partial charge in [0.2, 0.25) is 0 Å². The predicted octanol–water partition coefficient (Wildman–Crippen LogP) is 6.05. The van der Waals surface area contributed by atoms with Crippen LogP contribution in [0.4, 0.5) is 0 Å². The van der Waals surface area contributed by atoms with Crippen molar-refractivity contribution in [3.63, 3.8) is 0 Å². The van der Waals surface area contributed by atoms with Crippen molar-refractivity contribution in [2.24, 2.45) is 0 Å². The molecule has 0 bridgehead atoms. The van der Waals surface area contributed by atoms with E-state index in [-0.39, 0.29) is 5.92 Å². The molecule has 5 aromatic rings. The highest BCUT2D eigenvalue weighted by molar-refractivity contribution is 6.42. The van der Waals surface area contributed by atoms with Crippen LogP contribution < -0.4 is 4.74 Å². The lowest BCUT2D eigenvalue weighted by atomic mass is 9.92. The van der Waals surface area contributed by atoms with Crippen LogP contribution in [-0.2, 0) is 6.42 Å². The Morgan fingerprint density at radius 1 is 0.971 bits per heavy atom. The predicted molar refractivity (Wildman–Crippen MR) is 136 cm³/mol. The molecule has 3 aromatic carbocycles. The van der Waals surface area contributed by atoms with Crippen LogP contribution >= 0.6 is 23.2 Å². The first-order valence-electron chi connectivity index (χ1n) is 11.0. The number of aromatic amines is 1. The summed E-state index contributed by atoms with van der Waals surface area (Å²) in [4.78, 5) is 0. The van der Waals surface area contributed by atoms with Gasteiger partial charge in [0.25, 0.3) is 0 Å². The molecule has 0 aliphatic heterocycles. The van der Waals surface area contributed by atoms with E-state index in [1.54, 1.807) is 13.2 Å². The summed E-state index contributed by atoms with van der Waals surface area (Å²) in [6.45, 7) is 2.07. The first-order chi connectivity index (χ1) is 17.0. The zero-order valence-electron chi connectivity index (χ0n) is 19.1. The summed E-state index contributed by atoms with van der Waals surface area (Å²) in [7, 11) is 1.64. The summed E-state index contributed by atoms with van der Waals surface area (Å²) in [6, 6.07) is 23.7. The zero-order chi connectivity index (χ0) is 24.4. The number of rotatable bonds is 7. The lowest BCUT2D eigenvalue weighted by molar-refractivity contribution is 0.414. The number of tetrazole rings is 1. The Morgan fingerprint density at radius 2 is 1.80 bits per heavy atom. The third kappa shape index (κ3) is 4.92. The molecule has 0 saturated carbocycles. The summed E-state index contributed by atoms with van der Waals surface area (Å²) >= 11 is 12.5. The van der Waals surface area contributed by atoms with E-state index in [0.29, 0.717) is 22.3 Å². The lowest BCUT2D eigenvalue weighted by Gasteiger charge is -2.13. The van der Waals surface area contributed by atoms with Gasteiger partial charge in [0, 0.05) is 12.0 Å². The highest BCUT2D eigenvalue weighted by Crippen LogP contribution is 2.33. The molecule has 0 aliphatic carbocycles. The maximum atomic E-state index is 6.35. The number of methoxy groups -OCH3 is 1. The standard InChI is InChI=1S/C26H22Cl2N6O/c1-16-4-3-5-17(12-16)22(26-29-32-33-30-26)14-19-15-25(18-6-11-23(27)24(28)13-18)34(31-19)20-7-9-21(35-2)10-8-20/h3-13,15,22H,14H2,1-2H3,(H,29,30,32,33). The molecule has 0 aliphatic rings. The van der Waals surface area contributed by atoms with Crippen LogP contribution in [0.3, 0.4) is 0 Å². The van der Waals surface area contributed by atoms with Gasteiger partial charge >= 0.3 is 0 Å². The molecule has 176 valence electrons. The number of benzene rings is 3. The van der Waals surface area contributed by atoms with Crippen molar-refractivity contribution in [2.45, 2.75) is 19.3 Å². The molecule has 1 unspecified atom stereocenters. The molecule has 0 fully saturated rings. The average molecular weight is 505 g/mol. The van der Waals surface area contributed by atoms with E-state index in [2.05, 4.69) is 51.8 Å². The van der Waals surface area contributed by atoms with Gasteiger partial charge in [-0.3, -0.25) is 0 Å². The topological polar surface area (TPSA) is 81.5 Å². The van der Waals surface area contributed by atoms with Crippen molar-refractivity contribution in [3.05, 3.63) is 105 Å². The van der Waals surface area contributed by atoms with E-state index in [9.17, 15) is 0 Å². The van der Waals surface area contributed by atoms with E-state index in [4.69, 9.17) is 33.0 Å². The number of ether oxygens (including phenoxy) is 1. The van der Waals surface area contributed by atoms with Crippen LogP contribution in [0.5, 0.6) is 5.75 Å². The quantitative estimate of drug-likeness (QED) is 0.291. The van der Waals surface area contributed by atoms with Crippen LogP contribution in [0.2, 0.25) is 10.0 Å². The van der Waals surface area contributed by atoms with Crippen LogP contribution in [0, 0.1) is 6.92 Å². The third-order valence-electron chi connectivity index (χ3n) is 5.82. The molecule has 0 amide bonds. The van der Waals surface area contributed by atoms with Crippen molar-refractivity contribution < 1.29 is 4.74 Å². The Hall–Kier alpha value is -3.68. The van der Waals surface area contributed by atoms with Crippen LogP contribution in [0.25, 0.3) is 16.9 Å². The van der Waals surface area contributed by atoms with E-state index < -0.39 is 0 Å². The molecular weight excluding hydrogens is 483 g/mol. The average Bonchev–Trinajstić information content (AvgIpc) is 3.55. The summed E-state index contributed by atoms with van der Waals surface area (Å²) < 4.78 is 7.22. The molecule has 1 atom stereocenters. The summed E-state index contributed by atoms with van der Waals surface area (Å²) in [6.07, 6.45) is 0.584. The molecule has 2 aromatic heterocycles. The molecule has 0 saturated heterocycles. The summed E-state index contributed by atoms with van der Waals surface area (Å²) in [5, 5.41) is 20.9. The highest BCUT2D eigenvalue weighted by atomic mass is 35.5. The summed E-state index contributed by atoms with van der Waals surface area (Å²) in [5.41, 5.74) is 5.82. The van der Waals surface area contributed by atoms with Gasteiger partial charge in [0.05, 0.1) is 40.1 Å².